The third kappa shape index (κ3) is 2.41. The van der Waals surface area contributed by atoms with Gasteiger partial charge in [-0.25, -0.2) is 0 Å². The van der Waals surface area contributed by atoms with E-state index in [1.54, 1.807) is 0 Å². The molecule has 1 aromatic heterocycles. The lowest BCUT2D eigenvalue weighted by atomic mass is 9.91. The van der Waals surface area contributed by atoms with Gasteiger partial charge in [0.15, 0.2) is 5.82 Å². The fourth-order valence-corrected chi connectivity index (χ4v) is 2.75. The number of aromatic nitrogens is 2. The monoisotopic (exact) mass is 261 g/mol. The first-order valence-corrected chi connectivity index (χ1v) is 6.88. The number of aryl methyl sites for hydroxylation is 1. The smallest absolute Gasteiger partial charge is 0.162 e. The van der Waals surface area contributed by atoms with Crippen LogP contribution in [0.3, 0.4) is 0 Å². The molecule has 104 valence electrons. The Hall–Kier alpha value is -1.65. The van der Waals surface area contributed by atoms with Gasteiger partial charge in [0, 0.05) is 12.6 Å². The Morgan fingerprint density at radius 1 is 1.32 bits per heavy atom. The molecule has 0 amide bonds. The second-order valence-electron chi connectivity index (χ2n) is 5.58. The van der Waals surface area contributed by atoms with Crippen molar-refractivity contribution in [3.63, 3.8) is 0 Å². The van der Waals surface area contributed by atoms with Crippen LogP contribution in [-0.2, 0) is 0 Å². The summed E-state index contributed by atoms with van der Waals surface area (Å²) in [4.78, 5) is 2.25. The zero-order valence-electron chi connectivity index (χ0n) is 12.2. The van der Waals surface area contributed by atoms with Gasteiger partial charge in [0.1, 0.15) is 5.84 Å². The molecule has 2 heterocycles. The Bertz CT molecular complexity index is 497. The maximum atomic E-state index is 7.83. The molecule has 5 nitrogen and oxygen atoms in total. The van der Waals surface area contributed by atoms with Gasteiger partial charge in [-0.2, -0.15) is 5.10 Å². The number of hydrogen-bond donors (Lipinski definition) is 2. The molecule has 5 heteroatoms. The average Bonchev–Trinajstić information content (AvgIpc) is 2.35. The third-order valence-corrected chi connectivity index (χ3v) is 4.35. The molecule has 2 unspecified atom stereocenters. The van der Waals surface area contributed by atoms with Crippen molar-refractivity contribution < 1.29 is 0 Å². The van der Waals surface area contributed by atoms with Crippen LogP contribution in [0.2, 0.25) is 0 Å². The Kier molecular flexibility index (Phi) is 3.73. The first kappa shape index (κ1) is 13.8. The number of amidine groups is 1. The van der Waals surface area contributed by atoms with Crippen molar-refractivity contribution >= 4 is 11.7 Å². The predicted molar refractivity (Wildman–Crippen MR) is 77.7 cm³/mol. The molecule has 2 rings (SSSR count). The van der Waals surface area contributed by atoms with Crippen molar-refractivity contribution in [3.05, 3.63) is 16.8 Å². The number of anilines is 1. The van der Waals surface area contributed by atoms with Crippen LogP contribution in [0.1, 0.15) is 43.5 Å². The zero-order valence-corrected chi connectivity index (χ0v) is 12.2. The van der Waals surface area contributed by atoms with E-state index in [-0.39, 0.29) is 5.84 Å². The molecule has 0 saturated carbocycles. The molecule has 0 spiro atoms. The maximum absolute atomic E-state index is 7.83. The van der Waals surface area contributed by atoms with Gasteiger partial charge in [-0.3, -0.25) is 5.41 Å². The SMILES string of the molecule is Cc1nnc(N2CCCC(C)C2C)c(C(=N)N)c1C. The molecular weight excluding hydrogens is 238 g/mol. The van der Waals surface area contributed by atoms with Crippen LogP contribution in [0, 0.1) is 25.2 Å². The molecule has 1 aliphatic heterocycles. The molecule has 1 saturated heterocycles. The fourth-order valence-electron chi connectivity index (χ4n) is 2.75. The van der Waals surface area contributed by atoms with E-state index in [9.17, 15) is 0 Å². The van der Waals surface area contributed by atoms with E-state index in [0.717, 1.165) is 35.6 Å². The van der Waals surface area contributed by atoms with Crippen molar-refractivity contribution in [2.45, 2.75) is 46.6 Å². The van der Waals surface area contributed by atoms with E-state index in [1.165, 1.54) is 6.42 Å². The van der Waals surface area contributed by atoms with Gasteiger partial charge in [0.2, 0.25) is 0 Å². The number of nitrogens with two attached hydrogens (primary N) is 1. The summed E-state index contributed by atoms with van der Waals surface area (Å²) in [5.74, 6) is 1.47. The van der Waals surface area contributed by atoms with Crippen molar-refractivity contribution in [2.75, 3.05) is 11.4 Å². The van der Waals surface area contributed by atoms with Gasteiger partial charge in [0.05, 0.1) is 11.3 Å². The minimum Gasteiger partial charge on any atom is -0.384 e. The lowest BCUT2D eigenvalue weighted by Gasteiger charge is -2.39. The van der Waals surface area contributed by atoms with Crippen LogP contribution in [0.15, 0.2) is 0 Å². The lowest BCUT2D eigenvalue weighted by molar-refractivity contribution is 0.360. The van der Waals surface area contributed by atoms with E-state index in [0.29, 0.717) is 12.0 Å². The Balaban J connectivity index is 2.50. The van der Waals surface area contributed by atoms with Gasteiger partial charge in [-0.05, 0) is 45.1 Å². The Morgan fingerprint density at radius 2 is 2.00 bits per heavy atom. The number of piperidine rings is 1. The quantitative estimate of drug-likeness (QED) is 0.630. The molecule has 0 radical (unpaired) electrons. The molecule has 1 aromatic rings. The van der Waals surface area contributed by atoms with Crippen molar-refractivity contribution in [1.29, 1.82) is 5.41 Å². The summed E-state index contributed by atoms with van der Waals surface area (Å²) in [5.41, 5.74) is 8.30. The van der Waals surface area contributed by atoms with E-state index >= 15 is 0 Å². The number of hydrogen-bond acceptors (Lipinski definition) is 4. The molecule has 19 heavy (non-hydrogen) atoms. The highest BCUT2D eigenvalue weighted by Crippen LogP contribution is 2.30. The van der Waals surface area contributed by atoms with Gasteiger partial charge in [0.25, 0.3) is 0 Å². The topological polar surface area (TPSA) is 78.9 Å². The van der Waals surface area contributed by atoms with Gasteiger partial charge >= 0.3 is 0 Å². The van der Waals surface area contributed by atoms with Crippen LogP contribution in [0.4, 0.5) is 5.82 Å². The number of nitrogens with zero attached hydrogens (tertiary/aromatic N) is 3. The summed E-state index contributed by atoms with van der Waals surface area (Å²) in [6.45, 7) is 9.30. The summed E-state index contributed by atoms with van der Waals surface area (Å²) in [6.07, 6.45) is 2.39. The summed E-state index contributed by atoms with van der Waals surface area (Å²) >= 11 is 0. The van der Waals surface area contributed by atoms with Gasteiger partial charge < -0.3 is 10.6 Å². The Morgan fingerprint density at radius 3 is 2.63 bits per heavy atom. The molecule has 2 atom stereocenters. The van der Waals surface area contributed by atoms with Crippen molar-refractivity contribution in [3.8, 4) is 0 Å². The molecule has 1 aliphatic rings. The number of nitrogens with one attached hydrogen (secondary N) is 1. The summed E-state index contributed by atoms with van der Waals surface area (Å²) in [6, 6.07) is 0.406. The second-order valence-corrected chi connectivity index (χ2v) is 5.58. The summed E-state index contributed by atoms with van der Waals surface area (Å²) < 4.78 is 0. The van der Waals surface area contributed by atoms with E-state index in [2.05, 4.69) is 28.9 Å². The first-order valence-electron chi connectivity index (χ1n) is 6.88. The maximum Gasteiger partial charge on any atom is 0.162 e. The standard InChI is InChI=1S/C14H23N5/c1-8-6-5-7-19(11(8)4)14-12(13(15)16)9(2)10(3)17-18-14/h8,11H,5-7H2,1-4H3,(H3,15,16). The number of rotatable bonds is 2. The highest BCUT2D eigenvalue weighted by atomic mass is 15.3. The predicted octanol–water partition coefficient (Wildman–Crippen LogP) is 2.00. The zero-order chi connectivity index (χ0) is 14.2. The van der Waals surface area contributed by atoms with Crippen molar-refractivity contribution in [1.82, 2.24) is 10.2 Å². The normalized spacial score (nSPS) is 23.5. The van der Waals surface area contributed by atoms with Crippen LogP contribution in [0.5, 0.6) is 0 Å². The van der Waals surface area contributed by atoms with Crippen LogP contribution in [-0.4, -0.2) is 28.6 Å². The summed E-state index contributed by atoms with van der Waals surface area (Å²) in [5, 5.41) is 16.4. The van der Waals surface area contributed by atoms with Crippen molar-refractivity contribution in [2.24, 2.45) is 11.7 Å². The minimum absolute atomic E-state index is 0.0796. The first-order chi connectivity index (χ1) is 8.93. The number of nitrogen functional groups attached to an aromatic ring is 1. The third-order valence-electron chi connectivity index (χ3n) is 4.35. The van der Waals surface area contributed by atoms with E-state index in [1.807, 2.05) is 13.8 Å². The van der Waals surface area contributed by atoms with Gasteiger partial charge in [-0.1, -0.05) is 6.92 Å². The molecule has 3 N–H and O–H groups in total. The highest BCUT2D eigenvalue weighted by molar-refractivity contribution is 6.01. The fraction of sp³-hybridized carbons (Fsp3) is 0.643. The lowest BCUT2D eigenvalue weighted by Crippen LogP contribution is -2.44. The molecule has 1 fully saturated rings. The van der Waals surface area contributed by atoms with E-state index in [4.69, 9.17) is 11.1 Å². The average molecular weight is 261 g/mol. The summed E-state index contributed by atoms with van der Waals surface area (Å²) in [7, 11) is 0. The minimum atomic E-state index is 0.0796. The molecule has 0 bridgehead atoms. The molecular formula is C14H23N5. The van der Waals surface area contributed by atoms with Crippen LogP contribution in [0.25, 0.3) is 0 Å². The van der Waals surface area contributed by atoms with Crippen LogP contribution < -0.4 is 10.6 Å². The molecule has 0 aliphatic carbocycles. The Labute approximate surface area is 114 Å². The molecule has 0 aromatic carbocycles. The van der Waals surface area contributed by atoms with E-state index < -0.39 is 0 Å². The highest BCUT2D eigenvalue weighted by Gasteiger charge is 2.29. The van der Waals surface area contributed by atoms with Crippen LogP contribution >= 0.6 is 0 Å². The largest absolute Gasteiger partial charge is 0.384 e. The van der Waals surface area contributed by atoms with Gasteiger partial charge in [-0.15, -0.1) is 5.10 Å². The second kappa shape index (κ2) is 5.15.